The molecular formula is C13H18N2OS. The summed E-state index contributed by atoms with van der Waals surface area (Å²) in [5, 5.41) is 12.2. The van der Waals surface area contributed by atoms with E-state index in [0.717, 1.165) is 18.7 Å². The Hall–Kier alpha value is -1.18. The van der Waals surface area contributed by atoms with E-state index in [1.807, 2.05) is 32.0 Å². The van der Waals surface area contributed by atoms with Crippen molar-refractivity contribution in [1.29, 1.82) is 5.26 Å². The van der Waals surface area contributed by atoms with Gasteiger partial charge in [-0.1, -0.05) is 6.07 Å². The first kappa shape index (κ1) is 13.9. The van der Waals surface area contributed by atoms with Gasteiger partial charge >= 0.3 is 0 Å². The smallest absolute Gasteiger partial charge is 0.0991 e. The molecule has 0 aromatic heterocycles. The second-order valence-corrected chi connectivity index (χ2v) is 6.00. The maximum Gasteiger partial charge on any atom is 0.0991 e. The van der Waals surface area contributed by atoms with Crippen molar-refractivity contribution in [3.8, 4) is 6.07 Å². The summed E-state index contributed by atoms with van der Waals surface area (Å²) < 4.78 is 11.2. The highest BCUT2D eigenvalue weighted by Crippen LogP contribution is 2.10. The van der Waals surface area contributed by atoms with Crippen LogP contribution in [0.3, 0.4) is 0 Å². The van der Waals surface area contributed by atoms with Crippen LogP contribution in [0.2, 0.25) is 0 Å². The van der Waals surface area contributed by atoms with Gasteiger partial charge in [0.05, 0.1) is 11.6 Å². The Morgan fingerprint density at radius 3 is 2.76 bits per heavy atom. The van der Waals surface area contributed by atoms with Crippen LogP contribution in [0.1, 0.15) is 23.6 Å². The second kappa shape index (κ2) is 6.53. The topological polar surface area (TPSA) is 52.9 Å². The maximum atomic E-state index is 11.2. The van der Waals surface area contributed by atoms with Crippen molar-refractivity contribution in [2.75, 3.05) is 12.8 Å². The molecule has 0 saturated carbocycles. The molecule has 0 radical (unpaired) electrons. The van der Waals surface area contributed by atoms with Crippen LogP contribution >= 0.6 is 0 Å². The zero-order valence-electron chi connectivity index (χ0n) is 10.5. The lowest BCUT2D eigenvalue weighted by Gasteiger charge is -2.11. The van der Waals surface area contributed by atoms with Gasteiger partial charge in [0.1, 0.15) is 0 Å². The fraction of sp³-hybridized carbons (Fsp3) is 0.462. The van der Waals surface area contributed by atoms with Crippen molar-refractivity contribution in [2.24, 2.45) is 0 Å². The SMILES string of the molecule is Cc1cc(C#N)ccc1CNCC(C)S(C)=O. The van der Waals surface area contributed by atoms with Crippen molar-refractivity contribution in [3.05, 3.63) is 34.9 Å². The summed E-state index contributed by atoms with van der Waals surface area (Å²) in [4.78, 5) is 0. The highest BCUT2D eigenvalue weighted by molar-refractivity contribution is 7.84. The number of nitrogens with zero attached hydrogens (tertiary/aromatic N) is 1. The highest BCUT2D eigenvalue weighted by atomic mass is 32.2. The van der Waals surface area contributed by atoms with E-state index >= 15 is 0 Å². The van der Waals surface area contributed by atoms with E-state index in [2.05, 4.69) is 11.4 Å². The first-order valence-corrected chi connectivity index (χ1v) is 7.19. The Morgan fingerprint density at radius 2 is 2.24 bits per heavy atom. The summed E-state index contributed by atoms with van der Waals surface area (Å²) in [6.07, 6.45) is 1.72. The molecule has 0 aliphatic rings. The lowest BCUT2D eigenvalue weighted by molar-refractivity contribution is 0.646. The molecule has 0 spiro atoms. The van der Waals surface area contributed by atoms with Crippen molar-refractivity contribution >= 4 is 10.8 Å². The lowest BCUT2D eigenvalue weighted by Crippen LogP contribution is -2.27. The Morgan fingerprint density at radius 1 is 1.53 bits per heavy atom. The van der Waals surface area contributed by atoms with Gasteiger partial charge in [-0.2, -0.15) is 5.26 Å². The van der Waals surface area contributed by atoms with Gasteiger partial charge in [0.15, 0.2) is 0 Å². The molecular weight excluding hydrogens is 232 g/mol. The third kappa shape index (κ3) is 4.29. The van der Waals surface area contributed by atoms with Crippen LogP contribution in [0, 0.1) is 18.3 Å². The normalized spacial score (nSPS) is 14.0. The van der Waals surface area contributed by atoms with Gasteiger partial charge in [0, 0.05) is 35.4 Å². The van der Waals surface area contributed by atoms with Crippen molar-refractivity contribution in [1.82, 2.24) is 5.32 Å². The molecule has 0 fully saturated rings. The number of benzene rings is 1. The maximum absolute atomic E-state index is 11.2. The molecule has 0 aliphatic carbocycles. The quantitative estimate of drug-likeness (QED) is 0.865. The molecule has 1 N–H and O–H groups in total. The van der Waals surface area contributed by atoms with E-state index < -0.39 is 10.8 Å². The molecule has 2 atom stereocenters. The molecule has 2 unspecified atom stereocenters. The van der Waals surface area contributed by atoms with Gasteiger partial charge in [0.2, 0.25) is 0 Å². The van der Waals surface area contributed by atoms with Gasteiger partial charge in [-0.3, -0.25) is 4.21 Å². The summed E-state index contributed by atoms with van der Waals surface area (Å²) in [5.41, 5.74) is 2.98. The minimum atomic E-state index is -0.784. The standard InChI is InChI=1S/C13H18N2OS/c1-10-6-12(7-14)4-5-13(10)9-15-8-11(2)17(3)16/h4-6,11,15H,8-9H2,1-3H3. The lowest BCUT2D eigenvalue weighted by atomic mass is 10.1. The largest absolute Gasteiger partial charge is 0.311 e. The van der Waals surface area contributed by atoms with Gasteiger partial charge in [-0.15, -0.1) is 0 Å². The van der Waals surface area contributed by atoms with Gasteiger partial charge in [-0.25, -0.2) is 0 Å². The van der Waals surface area contributed by atoms with Crippen LogP contribution in [-0.2, 0) is 17.3 Å². The number of rotatable bonds is 5. The van der Waals surface area contributed by atoms with Crippen LogP contribution in [-0.4, -0.2) is 22.3 Å². The number of hydrogen-bond acceptors (Lipinski definition) is 3. The van der Waals surface area contributed by atoms with E-state index in [-0.39, 0.29) is 5.25 Å². The average molecular weight is 250 g/mol. The zero-order valence-corrected chi connectivity index (χ0v) is 11.3. The summed E-state index contributed by atoms with van der Waals surface area (Å²) >= 11 is 0. The third-order valence-corrected chi connectivity index (χ3v) is 4.09. The molecule has 1 aromatic carbocycles. The van der Waals surface area contributed by atoms with Crippen LogP contribution in [0.5, 0.6) is 0 Å². The third-order valence-electron chi connectivity index (χ3n) is 2.79. The average Bonchev–Trinajstić information content (AvgIpc) is 2.30. The van der Waals surface area contributed by atoms with Crippen LogP contribution < -0.4 is 5.32 Å². The van der Waals surface area contributed by atoms with E-state index in [4.69, 9.17) is 5.26 Å². The second-order valence-electron chi connectivity index (χ2n) is 4.19. The van der Waals surface area contributed by atoms with Gasteiger partial charge in [-0.05, 0) is 37.1 Å². The number of nitriles is 1. The molecule has 0 aliphatic heterocycles. The van der Waals surface area contributed by atoms with Crippen LogP contribution in [0.15, 0.2) is 18.2 Å². The minimum Gasteiger partial charge on any atom is -0.311 e. The van der Waals surface area contributed by atoms with Gasteiger partial charge < -0.3 is 5.32 Å². The molecule has 1 rings (SSSR count). The predicted octanol–water partition coefficient (Wildman–Crippen LogP) is 1.72. The van der Waals surface area contributed by atoms with Crippen LogP contribution in [0.25, 0.3) is 0 Å². The molecule has 4 heteroatoms. The van der Waals surface area contributed by atoms with Crippen LogP contribution in [0.4, 0.5) is 0 Å². The predicted molar refractivity (Wildman–Crippen MR) is 71.1 cm³/mol. The molecule has 0 saturated heterocycles. The Balaban J connectivity index is 2.53. The van der Waals surface area contributed by atoms with Crippen molar-refractivity contribution in [2.45, 2.75) is 25.6 Å². The highest BCUT2D eigenvalue weighted by Gasteiger charge is 2.05. The molecule has 0 heterocycles. The molecule has 3 nitrogen and oxygen atoms in total. The van der Waals surface area contributed by atoms with Crippen molar-refractivity contribution in [3.63, 3.8) is 0 Å². The van der Waals surface area contributed by atoms with E-state index in [1.54, 1.807) is 6.26 Å². The van der Waals surface area contributed by atoms with Crippen molar-refractivity contribution < 1.29 is 4.21 Å². The summed E-state index contributed by atoms with van der Waals surface area (Å²) in [5.74, 6) is 0. The summed E-state index contributed by atoms with van der Waals surface area (Å²) in [7, 11) is -0.784. The minimum absolute atomic E-state index is 0.161. The number of nitrogens with one attached hydrogen (secondary N) is 1. The van der Waals surface area contributed by atoms with E-state index in [1.165, 1.54) is 5.56 Å². The molecule has 0 bridgehead atoms. The molecule has 1 aromatic rings. The zero-order chi connectivity index (χ0) is 12.8. The Bertz CT molecular complexity index is 451. The van der Waals surface area contributed by atoms with Gasteiger partial charge in [0.25, 0.3) is 0 Å². The monoisotopic (exact) mass is 250 g/mol. The first-order chi connectivity index (χ1) is 8.04. The van der Waals surface area contributed by atoms with E-state index in [0.29, 0.717) is 5.56 Å². The molecule has 0 amide bonds. The van der Waals surface area contributed by atoms with E-state index in [9.17, 15) is 4.21 Å². The molecule has 92 valence electrons. The summed E-state index contributed by atoms with van der Waals surface area (Å²) in [6, 6.07) is 7.80. The number of aryl methyl sites for hydroxylation is 1. The summed E-state index contributed by atoms with van der Waals surface area (Å²) in [6.45, 7) is 5.45. The Kier molecular flexibility index (Phi) is 5.33. The fourth-order valence-electron chi connectivity index (χ4n) is 1.49. The first-order valence-electron chi connectivity index (χ1n) is 5.57. The number of hydrogen-bond donors (Lipinski definition) is 1. The molecule has 17 heavy (non-hydrogen) atoms. The Labute approximate surface area is 105 Å². The fourth-order valence-corrected chi connectivity index (χ4v) is 1.84.